The SMILES string of the molecule is N#CCC1(N(CC(O)c2cccc(Cl)c2)C(=O)O)CC1. The molecule has 0 aliphatic heterocycles. The summed E-state index contributed by atoms with van der Waals surface area (Å²) in [7, 11) is 0. The number of halogens is 1. The van der Waals surface area contributed by atoms with Gasteiger partial charge in [0.1, 0.15) is 0 Å². The standard InChI is InChI=1S/C14H15ClN2O3/c15-11-3-1-2-10(8-11)12(18)9-17(13(19)20)14(4-5-14)6-7-16/h1-3,8,12,18H,4-6,9H2,(H,19,20). The van der Waals surface area contributed by atoms with Crippen molar-refractivity contribution in [3.05, 3.63) is 34.9 Å². The van der Waals surface area contributed by atoms with E-state index in [0.717, 1.165) is 0 Å². The van der Waals surface area contributed by atoms with Crippen molar-refractivity contribution in [3.8, 4) is 6.07 Å². The Morgan fingerprint density at radius 1 is 1.55 bits per heavy atom. The first-order valence-electron chi connectivity index (χ1n) is 6.29. The van der Waals surface area contributed by atoms with E-state index in [4.69, 9.17) is 16.9 Å². The molecule has 1 aromatic rings. The van der Waals surface area contributed by atoms with Gasteiger partial charge < -0.3 is 10.2 Å². The van der Waals surface area contributed by atoms with Crippen molar-refractivity contribution >= 4 is 17.7 Å². The molecule has 1 aliphatic carbocycles. The molecular weight excluding hydrogens is 280 g/mol. The molecule has 0 aromatic heterocycles. The molecule has 0 radical (unpaired) electrons. The Bertz CT molecular complexity index is 552. The van der Waals surface area contributed by atoms with E-state index in [0.29, 0.717) is 23.4 Å². The lowest BCUT2D eigenvalue weighted by atomic mass is 10.1. The smallest absolute Gasteiger partial charge is 0.407 e. The maximum absolute atomic E-state index is 11.4. The zero-order valence-electron chi connectivity index (χ0n) is 10.8. The van der Waals surface area contributed by atoms with Crippen molar-refractivity contribution in [3.63, 3.8) is 0 Å². The number of carboxylic acid groups (broad SMARTS) is 1. The number of nitriles is 1. The number of nitrogens with zero attached hydrogens (tertiary/aromatic N) is 2. The van der Waals surface area contributed by atoms with Gasteiger partial charge in [0, 0.05) is 5.02 Å². The van der Waals surface area contributed by atoms with Crippen LogP contribution in [0.25, 0.3) is 0 Å². The molecule has 0 bridgehead atoms. The van der Waals surface area contributed by atoms with Crippen molar-refractivity contribution in [2.45, 2.75) is 30.9 Å². The van der Waals surface area contributed by atoms with Crippen LogP contribution in [0.1, 0.15) is 30.9 Å². The first-order valence-corrected chi connectivity index (χ1v) is 6.67. The second-order valence-corrected chi connectivity index (χ2v) is 5.46. The summed E-state index contributed by atoms with van der Waals surface area (Å²) in [6, 6.07) is 8.71. The van der Waals surface area contributed by atoms with Crippen LogP contribution >= 0.6 is 11.6 Å². The summed E-state index contributed by atoms with van der Waals surface area (Å²) in [4.78, 5) is 12.6. The number of aliphatic hydroxyl groups excluding tert-OH is 1. The molecule has 1 unspecified atom stereocenters. The van der Waals surface area contributed by atoms with Gasteiger partial charge in [0.05, 0.1) is 30.7 Å². The highest BCUT2D eigenvalue weighted by atomic mass is 35.5. The van der Waals surface area contributed by atoms with Gasteiger partial charge in [-0.25, -0.2) is 4.79 Å². The van der Waals surface area contributed by atoms with Crippen LogP contribution in [0.5, 0.6) is 0 Å². The van der Waals surface area contributed by atoms with E-state index < -0.39 is 17.7 Å². The van der Waals surface area contributed by atoms with E-state index in [2.05, 4.69) is 0 Å². The lowest BCUT2D eigenvalue weighted by Gasteiger charge is -2.29. The summed E-state index contributed by atoms with van der Waals surface area (Å²) in [6.07, 6.45) is -0.592. The van der Waals surface area contributed by atoms with Crippen molar-refractivity contribution in [2.24, 2.45) is 0 Å². The Morgan fingerprint density at radius 3 is 2.75 bits per heavy atom. The molecule has 1 aliphatic rings. The molecular formula is C14H15ClN2O3. The minimum Gasteiger partial charge on any atom is -0.465 e. The lowest BCUT2D eigenvalue weighted by Crippen LogP contribution is -2.43. The number of benzene rings is 1. The van der Waals surface area contributed by atoms with Crippen molar-refractivity contribution in [1.29, 1.82) is 5.26 Å². The fourth-order valence-electron chi connectivity index (χ4n) is 2.30. The predicted octanol–water partition coefficient (Wildman–Crippen LogP) is 2.80. The molecule has 1 saturated carbocycles. The van der Waals surface area contributed by atoms with Crippen molar-refractivity contribution < 1.29 is 15.0 Å². The molecule has 2 rings (SSSR count). The van der Waals surface area contributed by atoms with Crippen molar-refractivity contribution in [2.75, 3.05) is 6.54 Å². The Hall–Kier alpha value is -1.77. The monoisotopic (exact) mass is 294 g/mol. The van der Waals surface area contributed by atoms with Crippen molar-refractivity contribution in [1.82, 2.24) is 4.90 Å². The van der Waals surface area contributed by atoms with E-state index in [-0.39, 0.29) is 13.0 Å². The third-order valence-electron chi connectivity index (χ3n) is 3.63. The van der Waals surface area contributed by atoms with E-state index >= 15 is 0 Å². The first-order chi connectivity index (χ1) is 9.48. The molecule has 0 spiro atoms. The van der Waals surface area contributed by atoms with Crippen LogP contribution < -0.4 is 0 Å². The highest BCUT2D eigenvalue weighted by Crippen LogP contribution is 2.45. The van der Waals surface area contributed by atoms with Crippen LogP contribution in [0.2, 0.25) is 5.02 Å². The van der Waals surface area contributed by atoms with E-state index in [9.17, 15) is 15.0 Å². The van der Waals surface area contributed by atoms with Gasteiger partial charge in [0.25, 0.3) is 0 Å². The molecule has 2 N–H and O–H groups in total. The Morgan fingerprint density at radius 2 is 2.25 bits per heavy atom. The van der Waals surface area contributed by atoms with Crippen LogP contribution in [-0.4, -0.2) is 33.3 Å². The molecule has 0 saturated heterocycles. The second-order valence-electron chi connectivity index (χ2n) is 5.02. The fourth-order valence-corrected chi connectivity index (χ4v) is 2.50. The van der Waals surface area contributed by atoms with Gasteiger partial charge in [-0.2, -0.15) is 5.26 Å². The molecule has 1 aromatic carbocycles. The molecule has 1 amide bonds. The summed E-state index contributed by atoms with van der Waals surface area (Å²) in [6.45, 7) is -0.0582. The zero-order chi connectivity index (χ0) is 14.8. The minimum absolute atomic E-state index is 0.0582. The normalized spacial score (nSPS) is 17.1. The molecule has 5 nitrogen and oxygen atoms in total. The summed E-state index contributed by atoms with van der Waals surface area (Å²) in [5, 5.41) is 28.8. The number of hydrogen-bond acceptors (Lipinski definition) is 3. The van der Waals surface area contributed by atoms with Crippen LogP contribution in [0.4, 0.5) is 4.79 Å². The van der Waals surface area contributed by atoms with Gasteiger partial charge in [-0.15, -0.1) is 0 Å². The van der Waals surface area contributed by atoms with Gasteiger partial charge in [0.2, 0.25) is 0 Å². The summed E-state index contributed by atoms with van der Waals surface area (Å²) < 4.78 is 0. The predicted molar refractivity (Wildman–Crippen MR) is 73.3 cm³/mol. The third-order valence-corrected chi connectivity index (χ3v) is 3.86. The van der Waals surface area contributed by atoms with Gasteiger partial charge in [0.15, 0.2) is 0 Å². The number of β-amino-alcohol motifs (C(OH)–C–C–N with tert-alkyl or cyclic N) is 1. The Kier molecular flexibility index (Phi) is 4.17. The third kappa shape index (κ3) is 3.03. The number of rotatable bonds is 5. The van der Waals surface area contributed by atoms with Gasteiger partial charge in [-0.1, -0.05) is 23.7 Å². The fraction of sp³-hybridized carbons (Fsp3) is 0.429. The summed E-state index contributed by atoms with van der Waals surface area (Å²) in [5.74, 6) is 0. The van der Waals surface area contributed by atoms with Crippen LogP contribution in [0.15, 0.2) is 24.3 Å². The van der Waals surface area contributed by atoms with E-state index in [1.54, 1.807) is 24.3 Å². The maximum Gasteiger partial charge on any atom is 0.407 e. The maximum atomic E-state index is 11.4. The van der Waals surface area contributed by atoms with Crippen LogP contribution in [0.3, 0.4) is 0 Å². The molecule has 1 fully saturated rings. The Balaban J connectivity index is 2.13. The highest BCUT2D eigenvalue weighted by molar-refractivity contribution is 6.30. The van der Waals surface area contributed by atoms with Gasteiger partial charge in [-0.05, 0) is 30.5 Å². The second kappa shape index (κ2) is 5.70. The number of carbonyl (C=O) groups is 1. The zero-order valence-corrected chi connectivity index (χ0v) is 11.5. The average Bonchev–Trinajstić information content (AvgIpc) is 3.16. The minimum atomic E-state index is -1.11. The number of hydrogen-bond donors (Lipinski definition) is 2. The van der Waals surface area contributed by atoms with E-state index in [1.807, 2.05) is 6.07 Å². The highest BCUT2D eigenvalue weighted by Gasteiger charge is 2.50. The molecule has 1 atom stereocenters. The number of amides is 1. The summed E-state index contributed by atoms with van der Waals surface area (Å²) in [5.41, 5.74) is -0.0587. The van der Waals surface area contributed by atoms with E-state index in [1.165, 1.54) is 4.90 Å². The Labute approximate surface area is 122 Å². The quantitative estimate of drug-likeness (QED) is 0.874. The van der Waals surface area contributed by atoms with Gasteiger partial charge >= 0.3 is 6.09 Å². The van der Waals surface area contributed by atoms with Gasteiger partial charge in [-0.3, -0.25) is 4.90 Å². The number of aliphatic hydroxyl groups is 1. The average molecular weight is 295 g/mol. The molecule has 0 heterocycles. The van der Waals surface area contributed by atoms with Crippen LogP contribution in [0, 0.1) is 11.3 Å². The largest absolute Gasteiger partial charge is 0.465 e. The molecule has 106 valence electrons. The molecule has 20 heavy (non-hydrogen) atoms. The first kappa shape index (κ1) is 14.6. The topological polar surface area (TPSA) is 84.6 Å². The van der Waals surface area contributed by atoms with Crippen LogP contribution in [-0.2, 0) is 0 Å². The lowest BCUT2D eigenvalue weighted by molar-refractivity contribution is 0.0705. The molecule has 6 heteroatoms. The summed E-state index contributed by atoms with van der Waals surface area (Å²) >= 11 is 5.86.